The van der Waals surface area contributed by atoms with Gasteiger partial charge >= 0.3 is 215 Å². The number of allylic oxidation sites excluding steroid dienone is 4. The minimum Gasteiger partial charge on any atom is -1.00 e. The molecule has 0 aromatic heterocycles. The molecular formula is C33H36Cl2Zr. The van der Waals surface area contributed by atoms with Crippen LogP contribution in [0.1, 0.15) is 63.8 Å². The van der Waals surface area contributed by atoms with Crippen LogP contribution in [0.2, 0.25) is 0 Å². The Kier molecular flexibility index (Phi) is 8.93. The molecule has 2 aliphatic carbocycles. The van der Waals surface area contributed by atoms with Crippen molar-refractivity contribution in [3.63, 3.8) is 0 Å². The first-order valence-electron chi connectivity index (χ1n) is 12.6. The van der Waals surface area contributed by atoms with Gasteiger partial charge in [0.25, 0.3) is 0 Å². The number of halogens is 2. The maximum Gasteiger partial charge on any atom is -1.00 e. The monoisotopic (exact) mass is 592 g/mol. The van der Waals surface area contributed by atoms with Crippen molar-refractivity contribution in [3.05, 3.63) is 109 Å². The average Bonchev–Trinajstić information content (AvgIpc) is 3.33. The summed E-state index contributed by atoms with van der Waals surface area (Å²) in [7, 11) is 0. The summed E-state index contributed by atoms with van der Waals surface area (Å²) < 4.78 is 5.10. The van der Waals surface area contributed by atoms with Gasteiger partial charge in [-0.3, -0.25) is 0 Å². The Balaban J connectivity index is 0.00000180. The number of hydrogen-bond donors (Lipinski definition) is 0. The predicted octanol–water partition coefficient (Wildman–Crippen LogP) is 1.95. The largest absolute Gasteiger partial charge is 1.00 e. The number of hydrogen-bond acceptors (Lipinski definition) is 0. The minimum absolute atomic E-state index is 0. The van der Waals surface area contributed by atoms with Gasteiger partial charge in [-0.2, -0.15) is 0 Å². The van der Waals surface area contributed by atoms with Crippen molar-refractivity contribution in [2.24, 2.45) is 11.3 Å². The zero-order valence-electron chi connectivity index (χ0n) is 22.5. The summed E-state index contributed by atoms with van der Waals surface area (Å²) in [5.74, 6) is 0.517. The third-order valence-corrected chi connectivity index (χ3v) is 16.1. The first-order valence-corrected chi connectivity index (χ1v) is 16.3. The Labute approximate surface area is 237 Å². The first-order chi connectivity index (χ1) is 16.2. The van der Waals surface area contributed by atoms with Crippen LogP contribution >= 0.6 is 0 Å². The van der Waals surface area contributed by atoms with Crippen LogP contribution in [0.25, 0.3) is 11.1 Å². The van der Waals surface area contributed by atoms with E-state index in [0.29, 0.717) is 5.92 Å². The summed E-state index contributed by atoms with van der Waals surface area (Å²) in [5, 5.41) is 0. The van der Waals surface area contributed by atoms with Gasteiger partial charge in [-0.25, -0.2) is 0 Å². The summed E-state index contributed by atoms with van der Waals surface area (Å²) in [4.78, 5) is 0. The predicted molar refractivity (Wildman–Crippen MR) is 145 cm³/mol. The number of rotatable bonds is 3. The second kappa shape index (κ2) is 11.1. The molecule has 1 unspecified atom stereocenters. The summed E-state index contributed by atoms with van der Waals surface area (Å²) in [6.45, 7) is 16.6. The summed E-state index contributed by atoms with van der Waals surface area (Å²) in [6, 6.07) is 25.5. The quantitative estimate of drug-likeness (QED) is 0.341. The van der Waals surface area contributed by atoms with Crippen molar-refractivity contribution < 1.29 is 46.1 Å². The van der Waals surface area contributed by atoms with E-state index in [-0.39, 0.29) is 30.2 Å². The van der Waals surface area contributed by atoms with Crippen molar-refractivity contribution in [3.8, 4) is 11.1 Å². The van der Waals surface area contributed by atoms with E-state index in [9.17, 15) is 0 Å². The van der Waals surface area contributed by atoms with Crippen LogP contribution in [-0.4, -0.2) is 3.21 Å². The Hall–Kier alpha value is -1.53. The van der Waals surface area contributed by atoms with Crippen LogP contribution in [0.15, 0.2) is 87.2 Å². The molecule has 0 amide bonds. The molecule has 0 saturated carbocycles. The number of aryl methyl sites for hydroxylation is 1. The van der Waals surface area contributed by atoms with Gasteiger partial charge in [0.1, 0.15) is 0 Å². The van der Waals surface area contributed by atoms with Gasteiger partial charge < -0.3 is 24.8 Å². The Morgan fingerprint density at radius 1 is 0.833 bits per heavy atom. The van der Waals surface area contributed by atoms with E-state index in [1.165, 1.54) is 27.8 Å². The van der Waals surface area contributed by atoms with Gasteiger partial charge in [-0.1, -0.05) is 0 Å². The summed E-state index contributed by atoms with van der Waals surface area (Å²) >= 11 is -2.44. The van der Waals surface area contributed by atoms with Crippen LogP contribution < -0.4 is 28.1 Å². The second-order valence-corrected chi connectivity index (χ2v) is 17.5. The molecular weight excluding hydrogens is 558 g/mol. The van der Waals surface area contributed by atoms with Crippen LogP contribution in [0.3, 0.4) is 0 Å². The summed E-state index contributed by atoms with van der Waals surface area (Å²) in [6.07, 6.45) is 3.65. The molecule has 0 fully saturated rings. The zero-order chi connectivity index (χ0) is 24.2. The normalized spacial score (nSPS) is 16.5. The van der Waals surface area contributed by atoms with Crippen LogP contribution in [-0.2, 0) is 27.7 Å². The van der Waals surface area contributed by atoms with Gasteiger partial charge in [0.05, 0.1) is 0 Å². The zero-order valence-corrected chi connectivity index (χ0v) is 26.4. The van der Waals surface area contributed by atoms with E-state index >= 15 is 0 Å². The SMILES string of the molecule is CC1=[C](/[Zr+2](=[C](\C)c2ccc(C)cc2)[c]2cccc3c2Cc2ccccc2-3)C(C)C=C1C(C)(C)C.[Cl-].[Cl-]. The smallest absolute Gasteiger partial charge is 1.00 e. The Bertz CT molecular complexity index is 1380. The molecule has 0 spiro atoms. The van der Waals surface area contributed by atoms with E-state index < -0.39 is 21.3 Å². The van der Waals surface area contributed by atoms with Crippen molar-refractivity contribution in [2.75, 3.05) is 0 Å². The summed E-state index contributed by atoms with van der Waals surface area (Å²) in [5.41, 5.74) is 12.1. The van der Waals surface area contributed by atoms with Gasteiger partial charge in [0.15, 0.2) is 0 Å². The maximum atomic E-state index is 2.57. The van der Waals surface area contributed by atoms with Crippen molar-refractivity contribution in [1.29, 1.82) is 0 Å². The fourth-order valence-electron chi connectivity index (χ4n) is 6.06. The number of fused-ring (bicyclic) bond motifs is 3. The molecule has 0 saturated heterocycles. The molecule has 3 aromatic carbocycles. The number of benzene rings is 3. The van der Waals surface area contributed by atoms with Crippen molar-refractivity contribution >= 4 is 6.48 Å². The van der Waals surface area contributed by atoms with E-state index in [1.54, 1.807) is 26.5 Å². The molecule has 3 aromatic rings. The van der Waals surface area contributed by atoms with E-state index in [2.05, 4.69) is 121 Å². The molecule has 0 N–H and O–H groups in total. The molecule has 3 heteroatoms. The molecule has 36 heavy (non-hydrogen) atoms. The standard InChI is InChI=1S/C13H9.C11H17.C9H10.2ClH.Zr/c1-3-7-12-10(5-1)9-11-6-2-4-8-13(11)12;1-8-6-9(2)10(7-8)11(3,4)5;1-3-9-6-4-8(2)5-7-9;;;/h1-5,7-8H,9H2;7-8H,1-5H3;4-7H,1-2H3;2*1H;/q;;;;;+2/p-2. The first kappa shape index (κ1) is 29.0. The maximum absolute atomic E-state index is 2.57. The molecule has 0 nitrogen and oxygen atoms in total. The average molecular weight is 595 g/mol. The van der Waals surface area contributed by atoms with E-state index in [0.717, 1.165) is 6.42 Å². The van der Waals surface area contributed by atoms with Crippen LogP contribution in [0.5, 0.6) is 0 Å². The van der Waals surface area contributed by atoms with Crippen molar-refractivity contribution in [2.45, 2.75) is 54.9 Å². The fourth-order valence-corrected chi connectivity index (χ4v) is 14.4. The van der Waals surface area contributed by atoms with Gasteiger partial charge in [-0.05, 0) is 0 Å². The third-order valence-electron chi connectivity index (χ3n) is 7.74. The molecule has 0 bridgehead atoms. The van der Waals surface area contributed by atoms with E-state index in [4.69, 9.17) is 0 Å². The topological polar surface area (TPSA) is 0 Å². The molecule has 2 aliphatic rings. The van der Waals surface area contributed by atoms with Crippen LogP contribution in [0.4, 0.5) is 0 Å². The van der Waals surface area contributed by atoms with Crippen LogP contribution in [0, 0.1) is 18.3 Å². The van der Waals surface area contributed by atoms with Gasteiger partial charge in [0, 0.05) is 0 Å². The molecule has 186 valence electrons. The molecule has 0 radical (unpaired) electrons. The van der Waals surface area contributed by atoms with Gasteiger partial charge in [-0.15, -0.1) is 0 Å². The third kappa shape index (κ3) is 5.09. The van der Waals surface area contributed by atoms with Crippen molar-refractivity contribution in [1.82, 2.24) is 0 Å². The molecule has 1 atom stereocenters. The molecule has 5 rings (SSSR count). The second-order valence-electron chi connectivity index (χ2n) is 11.2. The molecule has 0 heterocycles. The van der Waals surface area contributed by atoms with E-state index in [1.807, 2.05) is 0 Å². The fraction of sp³-hybridized carbons (Fsp3) is 0.303. The minimum atomic E-state index is -2.44. The van der Waals surface area contributed by atoms with Gasteiger partial charge in [0.2, 0.25) is 0 Å². The molecule has 0 aliphatic heterocycles. The Morgan fingerprint density at radius 3 is 2.11 bits per heavy atom. The Morgan fingerprint density at radius 2 is 1.47 bits per heavy atom.